The summed E-state index contributed by atoms with van der Waals surface area (Å²) < 4.78 is 43.6. The highest BCUT2D eigenvalue weighted by Gasteiger charge is 2.40. The summed E-state index contributed by atoms with van der Waals surface area (Å²) in [4.78, 5) is 10.5. The van der Waals surface area contributed by atoms with Gasteiger partial charge in [-0.25, -0.2) is 0 Å². The smallest absolute Gasteiger partial charge is 0.416 e. The first-order valence-corrected chi connectivity index (χ1v) is 10.8. The quantitative estimate of drug-likeness (QED) is 0.279. The molecule has 0 spiro atoms. The largest absolute Gasteiger partial charge is 0.491 e. The average Bonchev–Trinajstić information content (AvgIpc) is 2.99. The fourth-order valence-electron chi connectivity index (χ4n) is 4.07. The number of hydrogen-bond donors (Lipinski definition) is 4. The van der Waals surface area contributed by atoms with Gasteiger partial charge in [0.15, 0.2) is 0 Å². The van der Waals surface area contributed by atoms with Crippen LogP contribution in [0.2, 0.25) is 0 Å². The standard InChI is InChI=1S/C23H31F3O6/c24-23(25,26)15-6-5-7-17(12-15)32-14-16(27)10-11-19-18(20(28)13-21(19)29)8-3-1-2-4-9-22(30)31/h1,3,5-7,12,16,18-21,27-29H,2,4,8-11,13-14H2,(H,30,31)/b3-1-/t16-,18-,19-,20+,21-/m1/s1. The second kappa shape index (κ2) is 12.2. The van der Waals surface area contributed by atoms with E-state index in [1.165, 1.54) is 12.1 Å². The van der Waals surface area contributed by atoms with Crippen LogP contribution in [0.15, 0.2) is 36.4 Å². The number of carboxylic acids is 1. The van der Waals surface area contributed by atoms with Crippen LogP contribution in [0.5, 0.6) is 5.75 Å². The zero-order valence-electron chi connectivity index (χ0n) is 17.7. The van der Waals surface area contributed by atoms with Crippen molar-refractivity contribution in [1.29, 1.82) is 0 Å². The van der Waals surface area contributed by atoms with E-state index < -0.39 is 36.0 Å². The summed E-state index contributed by atoms with van der Waals surface area (Å²) >= 11 is 0. The van der Waals surface area contributed by atoms with Gasteiger partial charge in [-0.2, -0.15) is 13.2 Å². The van der Waals surface area contributed by atoms with Gasteiger partial charge in [-0.1, -0.05) is 18.2 Å². The highest BCUT2D eigenvalue weighted by molar-refractivity contribution is 5.66. The lowest BCUT2D eigenvalue weighted by molar-refractivity contribution is -0.138. The van der Waals surface area contributed by atoms with Crippen molar-refractivity contribution in [1.82, 2.24) is 0 Å². The maximum atomic E-state index is 12.8. The molecule has 6 nitrogen and oxygen atoms in total. The molecule has 180 valence electrons. The van der Waals surface area contributed by atoms with Crippen molar-refractivity contribution >= 4 is 5.97 Å². The molecular weight excluding hydrogens is 429 g/mol. The number of aliphatic hydroxyl groups is 3. The summed E-state index contributed by atoms with van der Waals surface area (Å²) in [5, 5.41) is 39.4. The maximum absolute atomic E-state index is 12.8. The van der Waals surface area contributed by atoms with E-state index in [-0.39, 0.29) is 43.5 Å². The van der Waals surface area contributed by atoms with E-state index in [0.29, 0.717) is 25.7 Å². The molecule has 4 N–H and O–H groups in total. The number of unbranched alkanes of at least 4 members (excludes halogenated alkanes) is 1. The normalized spacial score (nSPS) is 24.7. The Morgan fingerprint density at radius 1 is 1.19 bits per heavy atom. The van der Waals surface area contributed by atoms with Gasteiger partial charge >= 0.3 is 12.1 Å². The molecule has 0 bridgehead atoms. The molecule has 5 atom stereocenters. The molecule has 0 unspecified atom stereocenters. The van der Waals surface area contributed by atoms with Crippen molar-refractivity contribution in [2.45, 2.75) is 69.4 Å². The van der Waals surface area contributed by atoms with Gasteiger partial charge in [0.1, 0.15) is 12.4 Å². The van der Waals surface area contributed by atoms with E-state index in [0.717, 1.165) is 12.1 Å². The molecule has 0 radical (unpaired) electrons. The molecule has 1 aliphatic rings. The Balaban J connectivity index is 1.80. The lowest BCUT2D eigenvalue weighted by Gasteiger charge is -2.23. The van der Waals surface area contributed by atoms with Crippen LogP contribution in [0, 0.1) is 11.8 Å². The zero-order chi connectivity index (χ0) is 23.7. The van der Waals surface area contributed by atoms with Crippen LogP contribution in [0.1, 0.15) is 50.5 Å². The summed E-state index contributed by atoms with van der Waals surface area (Å²) in [5.74, 6) is -1.24. The van der Waals surface area contributed by atoms with Gasteiger partial charge in [-0.15, -0.1) is 0 Å². The van der Waals surface area contributed by atoms with Gasteiger partial charge in [0, 0.05) is 6.42 Å². The molecule has 0 saturated heterocycles. The number of rotatable bonds is 12. The van der Waals surface area contributed by atoms with Crippen molar-refractivity contribution in [3.05, 3.63) is 42.0 Å². The van der Waals surface area contributed by atoms with E-state index in [1.807, 2.05) is 12.2 Å². The number of benzene rings is 1. The first-order valence-electron chi connectivity index (χ1n) is 10.8. The molecule has 0 aliphatic heterocycles. The summed E-state index contributed by atoms with van der Waals surface area (Å²) in [7, 11) is 0. The molecule has 0 amide bonds. The van der Waals surface area contributed by atoms with E-state index >= 15 is 0 Å². The minimum atomic E-state index is -4.48. The second-order valence-corrected chi connectivity index (χ2v) is 8.26. The van der Waals surface area contributed by atoms with Gasteiger partial charge < -0.3 is 25.2 Å². The number of allylic oxidation sites excluding steroid dienone is 2. The predicted octanol–water partition coefficient (Wildman–Crippen LogP) is 3.78. The Hall–Kier alpha value is -2.10. The van der Waals surface area contributed by atoms with Crippen LogP contribution < -0.4 is 4.74 Å². The number of carboxylic acid groups (broad SMARTS) is 1. The molecule has 9 heteroatoms. The van der Waals surface area contributed by atoms with Crippen molar-refractivity contribution in [3.8, 4) is 5.75 Å². The summed E-state index contributed by atoms with van der Waals surface area (Å²) in [5.41, 5.74) is -0.827. The molecular formula is C23H31F3O6. The van der Waals surface area contributed by atoms with Gasteiger partial charge in [-0.3, -0.25) is 4.79 Å². The first kappa shape index (κ1) is 26.2. The highest BCUT2D eigenvalue weighted by Crippen LogP contribution is 2.38. The van der Waals surface area contributed by atoms with Gasteiger partial charge in [0.05, 0.1) is 23.9 Å². The van der Waals surface area contributed by atoms with Crippen LogP contribution >= 0.6 is 0 Å². The minimum absolute atomic E-state index is 0.0149. The Bertz CT molecular complexity index is 751. The van der Waals surface area contributed by atoms with Gasteiger partial charge in [0.2, 0.25) is 0 Å². The van der Waals surface area contributed by atoms with Crippen molar-refractivity contribution in [2.24, 2.45) is 11.8 Å². The monoisotopic (exact) mass is 460 g/mol. The highest BCUT2D eigenvalue weighted by atomic mass is 19.4. The molecule has 1 fully saturated rings. The van der Waals surface area contributed by atoms with E-state index in [2.05, 4.69) is 0 Å². The summed E-state index contributed by atoms with van der Waals surface area (Å²) in [6, 6.07) is 4.44. The third-order valence-electron chi connectivity index (χ3n) is 5.79. The number of carbonyl (C=O) groups is 1. The molecule has 1 aliphatic carbocycles. The average molecular weight is 460 g/mol. The van der Waals surface area contributed by atoms with Gasteiger partial charge in [0.25, 0.3) is 0 Å². The molecule has 0 heterocycles. The topological polar surface area (TPSA) is 107 Å². The van der Waals surface area contributed by atoms with Crippen molar-refractivity contribution < 1.29 is 43.1 Å². The molecule has 1 aromatic carbocycles. The lowest BCUT2D eigenvalue weighted by Crippen LogP contribution is -2.25. The zero-order valence-corrected chi connectivity index (χ0v) is 17.7. The fourth-order valence-corrected chi connectivity index (χ4v) is 4.07. The van der Waals surface area contributed by atoms with Crippen LogP contribution in [-0.4, -0.2) is 51.3 Å². The third-order valence-corrected chi connectivity index (χ3v) is 5.79. The van der Waals surface area contributed by atoms with Crippen LogP contribution in [-0.2, 0) is 11.0 Å². The van der Waals surface area contributed by atoms with Crippen LogP contribution in [0.4, 0.5) is 13.2 Å². The van der Waals surface area contributed by atoms with Crippen LogP contribution in [0.25, 0.3) is 0 Å². The SMILES string of the molecule is O=C(O)CCC/C=C\C[C@@H]1[C@@H](CC[C@@H](O)COc2cccc(C(F)(F)F)c2)[C@H](O)C[C@@H]1O. The van der Waals surface area contributed by atoms with Crippen molar-refractivity contribution in [3.63, 3.8) is 0 Å². The van der Waals surface area contributed by atoms with Crippen molar-refractivity contribution in [2.75, 3.05) is 6.61 Å². The first-order chi connectivity index (χ1) is 15.1. The minimum Gasteiger partial charge on any atom is -0.491 e. The van der Waals surface area contributed by atoms with E-state index in [1.54, 1.807) is 0 Å². The maximum Gasteiger partial charge on any atom is 0.416 e. The Morgan fingerprint density at radius 2 is 1.91 bits per heavy atom. The number of alkyl halides is 3. The molecule has 2 rings (SSSR count). The Labute approximate surface area is 185 Å². The number of aliphatic carboxylic acids is 1. The predicted molar refractivity (Wildman–Crippen MR) is 111 cm³/mol. The molecule has 1 saturated carbocycles. The molecule has 1 aromatic rings. The number of ether oxygens (including phenoxy) is 1. The molecule has 32 heavy (non-hydrogen) atoms. The lowest BCUT2D eigenvalue weighted by atomic mass is 9.86. The Kier molecular flexibility index (Phi) is 9.99. The molecule has 0 aromatic heterocycles. The van der Waals surface area contributed by atoms with Gasteiger partial charge in [-0.05, 0) is 68.6 Å². The summed E-state index contributed by atoms with van der Waals surface area (Å²) in [6.45, 7) is -0.180. The fraction of sp³-hybridized carbons (Fsp3) is 0.609. The second-order valence-electron chi connectivity index (χ2n) is 8.26. The third kappa shape index (κ3) is 8.44. The number of aliphatic hydroxyl groups excluding tert-OH is 3. The summed E-state index contributed by atoms with van der Waals surface area (Å²) in [6.07, 6.45) is -0.290. The van der Waals surface area contributed by atoms with Crippen LogP contribution in [0.3, 0.4) is 0 Å². The number of hydrogen-bond acceptors (Lipinski definition) is 5. The number of halogens is 3. The van der Waals surface area contributed by atoms with E-state index in [9.17, 15) is 33.3 Å². The Morgan fingerprint density at radius 3 is 2.59 bits per heavy atom. The van der Waals surface area contributed by atoms with E-state index in [4.69, 9.17) is 9.84 Å².